The molecule has 10 heteroatoms. The van der Waals surface area contributed by atoms with Gasteiger partial charge in [0.15, 0.2) is 17.7 Å². The Balaban J connectivity index is 1.88. The molecule has 0 bridgehead atoms. The summed E-state index contributed by atoms with van der Waals surface area (Å²) in [6, 6.07) is 19.3. The summed E-state index contributed by atoms with van der Waals surface area (Å²) in [4.78, 5) is 24.3. The second kappa shape index (κ2) is 13.0. The molecular formula is C25H23BrFNO6S. The highest BCUT2D eigenvalue weighted by atomic mass is 79.9. The predicted octanol–water partition coefficient (Wildman–Crippen LogP) is 5.89. The van der Waals surface area contributed by atoms with E-state index in [9.17, 15) is 19.1 Å². The number of aromatic hydroxyl groups is 1. The largest absolute Gasteiger partial charge is 0.505 e. The van der Waals surface area contributed by atoms with Crippen LogP contribution in [-0.2, 0) is 14.3 Å². The fraction of sp³-hybridized carbons (Fsp3) is 0.200. The highest BCUT2D eigenvalue weighted by Gasteiger charge is 2.30. The Hall–Kier alpha value is -3.24. The molecule has 3 aromatic carbocycles. The SMILES string of the molecule is O=C(CS)OCC[C@@H](Oc1ccccc1)[C@H](OC(=O)Nc1ccc(Br)cc1)c1ccc(O)c(F)c1. The van der Waals surface area contributed by atoms with Crippen LogP contribution in [0.15, 0.2) is 77.3 Å². The van der Waals surface area contributed by atoms with E-state index in [1.165, 1.54) is 6.07 Å². The first kappa shape index (κ1) is 26.4. The maximum absolute atomic E-state index is 14.2. The van der Waals surface area contributed by atoms with Gasteiger partial charge in [-0.1, -0.05) is 40.2 Å². The second-order valence-corrected chi connectivity index (χ2v) is 8.54. The molecule has 0 saturated heterocycles. The summed E-state index contributed by atoms with van der Waals surface area (Å²) in [5.74, 6) is -1.57. The van der Waals surface area contributed by atoms with E-state index in [1.807, 2.05) is 6.07 Å². The number of para-hydroxylation sites is 1. The van der Waals surface area contributed by atoms with E-state index in [1.54, 1.807) is 48.5 Å². The van der Waals surface area contributed by atoms with Gasteiger partial charge >= 0.3 is 12.1 Å². The van der Waals surface area contributed by atoms with Crippen LogP contribution in [0.3, 0.4) is 0 Å². The molecule has 0 aromatic heterocycles. The summed E-state index contributed by atoms with van der Waals surface area (Å²) in [7, 11) is 0. The Morgan fingerprint density at radius 1 is 1.06 bits per heavy atom. The third kappa shape index (κ3) is 8.18. The minimum absolute atomic E-state index is 0.0499. The maximum Gasteiger partial charge on any atom is 0.412 e. The van der Waals surface area contributed by atoms with E-state index in [0.29, 0.717) is 11.4 Å². The summed E-state index contributed by atoms with van der Waals surface area (Å²) in [6.07, 6.45) is -2.67. The van der Waals surface area contributed by atoms with Crippen LogP contribution in [0.1, 0.15) is 18.1 Å². The van der Waals surface area contributed by atoms with Gasteiger partial charge in [0.2, 0.25) is 0 Å². The molecule has 2 atom stereocenters. The molecule has 0 saturated carbocycles. The van der Waals surface area contributed by atoms with Crippen molar-refractivity contribution in [2.45, 2.75) is 18.6 Å². The number of rotatable bonds is 10. The van der Waals surface area contributed by atoms with Crippen LogP contribution < -0.4 is 10.1 Å². The average Bonchev–Trinajstić information content (AvgIpc) is 2.85. The number of amides is 1. The number of anilines is 1. The minimum atomic E-state index is -1.12. The number of phenolic OH excluding ortho intramolecular Hbond substituents is 1. The van der Waals surface area contributed by atoms with Crippen molar-refractivity contribution in [2.24, 2.45) is 0 Å². The molecule has 3 aromatic rings. The molecule has 35 heavy (non-hydrogen) atoms. The molecule has 2 N–H and O–H groups in total. The zero-order valence-electron chi connectivity index (χ0n) is 18.4. The number of hydrogen-bond acceptors (Lipinski definition) is 7. The van der Waals surface area contributed by atoms with Gasteiger partial charge in [-0.25, -0.2) is 9.18 Å². The summed E-state index contributed by atoms with van der Waals surface area (Å²) in [6.45, 7) is -0.0499. The fourth-order valence-corrected chi connectivity index (χ4v) is 3.49. The summed E-state index contributed by atoms with van der Waals surface area (Å²) < 4.78 is 32.0. The van der Waals surface area contributed by atoms with Gasteiger partial charge in [-0.05, 0) is 54.1 Å². The number of esters is 1. The van der Waals surface area contributed by atoms with Gasteiger partial charge in [-0.3, -0.25) is 10.1 Å². The fourth-order valence-electron chi connectivity index (χ4n) is 3.14. The maximum atomic E-state index is 14.2. The first-order valence-electron chi connectivity index (χ1n) is 10.6. The highest BCUT2D eigenvalue weighted by molar-refractivity contribution is 9.10. The van der Waals surface area contributed by atoms with Crippen LogP contribution in [0.2, 0.25) is 0 Å². The standard InChI is InChI=1S/C25H23BrFNO6S/c26-17-7-9-18(10-8-17)28-25(31)34-24(16-6-11-21(29)20(27)14-16)22(12-13-32-23(30)15-35)33-19-4-2-1-3-5-19/h1-11,14,22,24,29,35H,12-13,15H2,(H,28,31)/t22-,24-/m1/s1. The van der Waals surface area contributed by atoms with Crippen molar-refractivity contribution in [2.75, 3.05) is 17.7 Å². The molecule has 3 rings (SSSR count). The van der Waals surface area contributed by atoms with Gasteiger partial charge < -0.3 is 19.3 Å². The Morgan fingerprint density at radius 3 is 2.43 bits per heavy atom. The number of hydrogen-bond donors (Lipinski definition) is 3. The van der Waals surface area contributed by atoms with E-state index in [-0.39, 0.29) is 24.3 Å². The Labute approximate surface area is 215 Å². The van der Waals surface area contributed by atoms with Crippen molar-refractivity contribution >= 4 is 46.3 Å². The Kier molecular flexibility index (Phi) is 9.80. The lowest BCUT2D eigenvalue weighted by molar-refractivity contribution is -0.141. The zero-order valence-corrected chi connectivity index (χ0v) is 20.9. The predicted molar refractivity (Wildman–Crippen MR) is 135 cm³/mol. The summed E-state index contributed by atoms with van der Waals surface area (Å²) in [5, 5.41) is 12.3. The number of nitrogens with one attached hydrogen (secondary N) is 1. The van der Waals surface area contributed by atoms with Gasteiger partial charge in [-0.15, -0.1) is 0 Å². The molecule has 0 radical (unpaired) electrons. The van der Waals surface area contributed by atoms with E-state index < -0.39 is 35.8 Å². The molecule has 1 amide bonds. The van der Waals surface area contributed by atoms with Gasteiger partial charge in [0.25, 0.3) is 0 Å². The van der Waals surface area contributed by atoms with Crippen molar-refractivity contribution in [3.63, 3.8) is 0 Å². The smallest absolute Gasteiger partial charge is 0.412 e. The first-order chi connectivity index (χ1) is 16.9. The number of ether oxygens (including phenoxy) is 3. The topological polar surface area (TPSA) is 94.1 Å². The van der Waals surface area contributed by atoms with Crippen LogP contribution in [-0.4, -0.2) is 35.6 Å². The van der Waals surface area contributed by atoms with Crippen LogP contribution in [0.4, 0.5) is 14.9 Å². The minimum Gasteiger partial charge on any atom is -0.505 e. The zero-order chi connectivity index (χ0) is 25.2. The van der Waals surface area contributed by atoms with Crippen LogP contribution in [0, 0.1) is 5.82 Å². The number of halogens is 2. The number of carbonyl (C=O) groups excluding carboxylic acids is 2. The number of phenols is 1. The Morgan fingerprint density at radius 2 is 1.77 bits per heavy atom. The van der Waals surface area contributed by atoms with Crippen LogP contribution in [0.25, 0.3) is 0 Å². The van der Waals surface area contributed by atoms with Crippen molar-refractivity contribution < 1.29 is 33.3 Å². The third-order valence-corrected chi connectivity index (χ3v) is 5.57. The Bertz CT molecular complexity index is 1130. The average molecular weight is 564 g/mol. The number of thiol groups is 1. The lowest BCUT2D eigenvalue weighted by Crippen LogP contribution is -2.32. The van der Waals surface area contributed by atoms with Crippen molar-refractivity contribution in [3.05, 3.63) is 88.6 Å². The van der Waals surface area contributed by atoms with Gasteiger partial charge in [-0.2, -0.15) is 12.6 Å². The van der Waals surface area contributed by atoms with Crippen molar-refractivity contribution in [1.82, 2.24) is 0 Å². The molecule has 0 spiro atoms. The lowest BCUT2D eigenvalue weighted by Gasteiger charge is -2.28. The number of carbonyl (C=O) groups is 2. The van der Waals surface area contributed by atoms with Crippen molar-refractivity contribution in [3.8, 4) is 11.5 Å². The van der Waals surface area contributed by atoms with E-state index >= 15 is 0 Å². The van der Waals surface area contributed by atoms with Crippen LogP contribution in [0.5, 0.6) is 11.5 Å². The molecular weight excluding hydrogens is 541 g/mol. The molecule has 0 heterocycles. The quantitative estimate of drug-likeness (QED) is 0.210. The molecule has 0 aliphatic heterocycles. The lowest BCUT2D eigenvalue weighted by atomic mass is 10.0. The van der Waals surface area contributed by atoms with Gasteiger partial charge in [0.1, 0.15) is 11.9 Å². The number of benzene rings is 3. The monoisotopic (exact) mass is 563 g/mol. The van der Waals surface area contributed by atoms with Crippen molar-refractivity contribution in [1.29, 1.82) is 0 Å². The summed E-state index contributed by atoms with van der Waals surface area (Å²) >= 11 is 7.21. The van der Waals surface area contributed by atoms with Crippen LogP contribution >= 0.6 is 28.6 Å². The summed E-state index contributed by atoms with van der Waals surface area (Å²) in [5.41, 5.74) is 0.727. The third-order valence-electron chi connectivity index (χ3n) is 4.79. The molecule has 0 aliphatic carbocycles. The highest BCUT2D eigenvalue weighted by Crippen LogP contribution is 2.31. The van der Waals surface area contributed by atoms with Gasteiger partial charge in [0.05, 0.1) is 12.4 Å². The molecule has 0 unspecified atom stereocenters. The molecule has 0 aliphatic rings. The van der Waals surface area contributed by atoms with E-state index in [2.05, 4.69) is 33.9 Å². The van der Waals surface area contributed by atoms with Gasteiger partial charge in [0, 0.05) is 16.6 Å². The normalized spacial score (nSPS) is 12.3. The molecule has 0 fully saturated rings. The second-order valence-electron chi connectivity index (χ2n) is 7.31. The van der Waals surface area contributed by atoms with E-state index in [0.717, 1.165) is 16.6 Å². The first-order valence-corrected chi connectivity index (χ1v) is 12.0. The van der Waals surface area contributed by atoms with E-state index in [4.69, 9.17) is 14.2 Å². The molecule has 184 valence electrons. The molecule has 7 nitrogen and oxygen atoms in total.